The van der Waals surface area contributed by atoms with Crippen LogP contribution in [0, 0.1) is 35.1 Å². The topological polar surface area (TPSA) is 26.0 Å². The highest BCUT2D eigenvalue weighted by molar-refractivity contribution is 6.90. The van der Waals surface area contributed by atoms with E-state index in [9.17, 15) is 0 Å². The molecule has 0 aliphatic heterocycles. The van der Waals surface area contributed by atoms with Crippen LogP contribution >= 0.6 is 0 Å². The molecule has 0 radical (unpaired) electrons. The van der Waals surface area contributed by atoms with Gasteiger partial charge in [0.25, 0.3) is 0 Å². The summed E-state index contributed by atoms with van der Waals surface area (Å²) in [6.07, 6.45) is 3.97. The van der Waals surface area contributed by atoms with Crippen LogP contribution in [0.1, 0.15) is 97.8 Å². The lowest BCUT2D eigenvalue weighted by atomic mass is 9.99. The lowest BCUT2D eigenvalue weighted by Gasteiger charge is -2.38. The van der Waals surface area contributed by atoms with E-state index in [4.69, 9.17) is 5.73 Å². The molecule has 0 aliphatic rings. The van der Waals surface area contributed by atoms with E-state index in [0.29, 0.717) is 16.6 Å². The summed E-state index contributed by atoms with van der Waals surface area (Å²) >= 11 is 0. The third kappa shape index (κ3) is 8.46. The Bertz CT molecular complexity index is 1200. The predicted octanol–water partition coefficient (Wildman–Crippen LogP) is 9.14. The maximum Gasteiger partial charge on any atom is 0.146 e. The fraction of sp³-hybridized carbons (Fsp3) is 0.429. The third-order valence-electron chi connectivity index (χ3n) is 7.16. The second kappa shape index (κ2) is 14.6. The van der Waals surface area contributed by atoms with Crippen molar-refractivity contribution >= 4 is 13.8 Å². The molecule has 0 aromatic heterocycles. The van der Waals surface area contributed by atoms with Crippen molar-refractivity contribution in [2.24, 2.45) is 0 Å². The summed E-state index contributed by atoms with van der Waals surface area (Å²) in [6, 6.07) is 16.2. The van der Waals surface area contributed by atoms with Gasteiger partial charge in [0.2, 0.25) is 0 Å². The molecule has 0 atom stereocenters. The number of anilines is 1. The zero-order valence-electron chi connectivity index (χ0n) is 24.3. The van der Waals surface area contributed by atoms with Gasteiger partial charge in [-0.2, -0.15) is 0 Å². The highest BCUT2D eigenvalue weighted by Gasteiger charge is 2.41. The normalized spacial score (nSPS) is 11.8. The van der Waals surface area contributed by atoms with Gasteiger partial charge < -0.3 is 5.73 Å². The van der Waals surface area contributed by atoms with E-state index in [1.165, 1.54) is 0 Å². The Kier molecular flexibility index (Phi) is 11.9. The first-order valence-corrected chi connectivity index (χ1v) is 16.1. The fourth-order valence-corrected chi connectivity index (χ4v) is 10.4. The summed E-state index contributed by atoms with van der Waals surface area (Å²) < 4.78 is 0. The Morgan fingerprint density at radius 1 is 0.622 bits per heavy atom. The minimum atomic E-state index is -1.73. The van der Waals surface area contributed by atoms with Gasteiger partial charge in [-0.3, -0.25) is 0 Å². The standard InChI is InChI=1S/C35H45NSi/c1-9-11-33(34(12-10-2)22-18-31-19-23-35(36)24-20-31)21-17-30-13-15-32(16-14-30)25-26-37(27(3)4,28(5)6)29(7)8/h13-16,19-20,23-24,27-29H,9-12,36H2,1-8H3. The first-order chi connectivity index (χ1) is 17.6. The van der Waals surface area contributed by atoms with Gasteiger partial charge >= 0.3 is 0 Å². The van der Waals surface area contributed by atoms with Crippen molar-refractivity contribution in [1.29, 1.82) is 0 Å². The van der Waals surface area contributed by atoms with Crippen molar-refractivity contribution in [3.63, 3.8) is 0 Å². The van der Waals surface area contributed by atoms with E-state index < -0.39 is 8.07 Å². The Morgan fingerprint density at radius 2 is 0.973 bits per heavy atom. The number of rotatable bonds is 7. The average Bonchev–Trinajstić information content (AvgIpc) is 2.86. The summed E-state index contributed by atoms with van der Waals surface area (Å²) in [5.74, 6) is 17.1. The molecule has 2 N–H and O–H groups in total. The van der Waals surface area contributed by atoms with Gasteiger partial charge in [0, 0.05) is 33.5 Å². The van der Waals surface area contributed by atoms with Crippen LogP contribution in [0.4, 0.5) is 5.69 Å². The predicted molar refractivity (Wildman–Crippen MR) is 166 cm³/mol. The van der Waals surface area contributed by atoms with Crippen LogP contribution in [0.5, 0.6) is 0 Å². The van der Waals surface area contributed by atoms with Crippen LogP contribution in [0.25, 0.3) is 0 Å². The van der Waals surface area contributed by atoms with Crippen LogP contribution in [-0.2, 0) is 0 Å². The van der Waals surface area contributed by atoms with Gasteiger partial charge in [-0.15, -0.1) is 5.54 Å². The van der Waals surface area contributed by atoms with Crippen molar-refractivity contribution in [3.8, 4) is 35.1 Å². The molecule has 0 saturated carbocycles. The van der Waals surface area contributed by atoms with E-state index in [1.807, 2.05) is 24.3 Å². The number of hydrogen-bond donors (Lipinski definition) is 1. The smallest absolute Gasteiger partial charge is 0.146 e. The zero-order chi connectivity index (χ0) is 27.4. The lowest BCUT2D eigenvalue weighted by molar-refractivity contribution is 0.838. The second-order valence-corrected chi connectivity index (χ2v) is 16.4. The Morgan fingerprint density at radius 3 is 1.32 bits per heavy atom. The number of hydrogen-bond acceptors (Lipinski definition) is 1. The van der Waals surface area contributed by atoms with Gasteiger partial charge in [-0.05, 0) is 78.0 Å². The third-order valence-corrected chi connectivity index (χ3v) is 13.5. The quantitative estimate of drug-likeness (QED) is 0.226. The Balaban J connectivity index is 2.37. The largest absolute Gasteiger partial charge is 0.399 e. The minimum absolute atomic E-state index is 0.634. The van der Waals surface area contributed by atoms with Crippen molar-refractivity contribution < 1.29 is 0 Å². The van der Waals surface area contributed by atoms with E-state index >= 15 is 0 Å². The molecule has 2 aromatic rings. The molecule has 2 rings (SSSR count). The van der Waals surface area contributed by atoms with E-state index in [0.717, 1.165) is 59.2 Å². The van der Waals surface area contributed by atoms with E-state index in [1.54, 1.807) is 0 Å². The summed E-state index contributed by atoms with van der Waals surface area (Å²) in [6.45, 7) is 18.5. The molecule has 0 saturated heterocycles. The van der Waals surface area contributed by atoms with Crippen LogP contribution in [0.3, 0.4) is 0 Å². The summed E-state index contributed by atoms with van der Waals surface area (Å²) in [7, 11) is -1.73. The van der Waals surface area contributed by atoms with Crippen LogP contribution in [0.15, 0.2) is 59.7 Å². The van der Waals surface area contributed by atoms with Crippen molar-refractivity contribution in [2.45, 2.75) is 97.7 Å². The summed E-state index contributed by atoms with van der Waals surface area (Å²) in [4.78, 5) is 0. The monoisotopic (exact) mass is 507 g/mol. The van der Waals surface area contributed by atoms with Gasteiger partial charge in [0.05, 0.1) is 0 Å². The number of allylic oxidation sites excluding steroid dienone is 2. The maximum atomic E-state index is 5.81. The van der Waals surface area contributed by atoms with E-state index in [2.05, 4.69) is 115 Å². The van der Waals surface area contributed by atoms with Gasteiger partial charge in [-0.1, -0.05) is 97.8 Å². The van der Waals surface area contributed by atoms with Crippen molar-refractivity contribution in [2.75, 3.05) is 5.73 Å². The van der Waals surface area contributed by atoms with Crippen LogP contribution in [-0.4, -0.2) is 8.07 Å². The van der Waals surface area contributed by atoms with Gasteiger partial charge in [0.15, 0.2) is 0 Å². The first-order valence-electron chi connectivity index (χ1n) is 13.9. The molecule has 0 unspecified atom stereocenters. The van der Waals surface area contributed by atoms with Gasteiger partial charge in [0.1, 0.15) is 8.07 Å². The van der Waals surface area contributed by atoms with Crippen molar-refractivity contribution in [1.82, 2.24) is 0 Å². The molecule has 0 fully saturated rings. The lowest BCUT2D eigenvalue weighted by Crippen LogP contribution is -2.43. The SMILES string of the molecule is CCCC(C#Cc1ccc(N)cc1)=C(C#Cc1ccc(C#C[Si](C(C)C)(C(C)C)C(C)C)cc1)CCC. The Hall–Kier alpha value is -3.12. The molecule has 0 aliphatic carbocycles. The molecule has 2 heteroatoms. The number of benzene rings is 2. The molecule has 0 amide bonds. The molecule has 194 valence electrons. The number of nitrogens with two attached hydrogens (primary N) is 1. The first kappa shape index (κ1) is 30.1. The second-order valence-electron chi connectivity index (χ2n) is 10.8. The van der Waals surface area contributed by atoms with Crippen molar-refractivity contribution in [3.05, 3.63) is 76.4 Å². The molecule has 0 spiro atoms. The molecule has 37 heavy (non-hydrogen) atoms. The molecule has 0 heterocycles. The fourth-order valence-electron chi connectivity index (χ4n) is 5.19. The molecular weight excluding hydrogens is 462 g/mol. The summed E-state index contributed by atoms with van der Waals surface area (Å²) in [5, 5.41) is 0. The molecular formula is C35H45NSi. The van der Waals surface area contributed by atoms with Gasteiger partial charge in [-0.25, -0.2) is 0 Å². The van der Waals surface area contributed by atoms with E-state index in [-0.39, 0.29) is 0 Å². The maximum absolute atomic E-state index is 5.81. The number of nitrogen functional groups attached to an aromatic ring is 1. The molecule has 2 aromatic carbocycles. The molecule has 0 bridgehead atoms. The summed E-state index contributed by atoms with van der Waals surface area (Å²) in [5.41, 5.74) is 17.7. The molecule has 1 nitrogen and oxygen atoms in total. The minimum Gasteiger partial charge on any atom is -0.399 e. The van der Waals surface area contributed by atoms with Crippen LogP contribution < -0.4 is 5.73 Å². The highest BCUT2D eigenvalue weighted by Crippen LogP contribution is 2.40. The van der Waals surface area contributed by atoms with Crippen LogP contribution in [0.2, 0.25) is 16.6 Å². The zero-order valence-corrected chi connectivity index (χ0v) is 25.3. The average molecular weight is 508 g/mol. The Labute approximate surface area is 228 Å². The highest BCUT2D eigenvalue weighted by atomic mass is 28.3.